The molecular formula is C19H34O. The van der Waals surface area contributed by atoms with Gasteiger partial charge in [0.1, 0.15) is 0 Å². The summed E-state index contributed by atoms with van der Waals surface area (Å²) in [6.07, 6.45) is 24.7. The van der Waals surface area contributed by atoms with E-state index in [0.29, 0.717) is 12.2 Å². The van der Waals surface area contributed by atoms with E-state index in [9.17, 15) is 0 Å². The van der Waals surface area contributed by atoms with Crippen LogP contribution in [0.5, 0.6) is 0 Å². The summed E-state index contributed by atoms with van der Waals surface area (Å²) in [6, 6.07) is 0. The fourth-order valence-electron chi connectivity index (χ4n) is 2.58. The third kappa shape index (κ3) is 9.36. The van der Waals surface area contributed by atoms with E-state index in [1.165, 1.54) is 51.4 Å². The Morgan fingerprint density at radius 2 is 1.45 bits per heavy atom. The van der Waals surface area contributed by atoms with Crippen molar-refractivity contribution in [2.75, 3.05) is 0 Å². The standard InChI is InChI=1S/C19H34O/c1-3-5-6-7-8-9-10-11-12-13-14-15-16-17-19-18(4-2)20-19/h12-13,15-16,18-19H,3-11,14,17H2,1-2H3/b13-12-,16-15-/t18-,19+/m1/s1. The molecular weight excluding hydrogens is 244 g/mol. The Bertz CT molecular complexity index is 267. The first kappa shape index (κ1) is 17.5. The normalized spacial score (nSPS) is 22.1. The summed E-state index contributed by atoms with van der Waals surface area (Å²) in [5.74, 6) is 0. The molecule has 0 aliphatic carbocycles. The highest BCUT2D eigenvalue weighted by molar-refractivity contribution is 4.97. The lowest BCUT2D eigenvalue weighted by atomic mass is 10.1. The molecule has 0 unspecified atom stereocenters. The summed E-state index contributed by atoms with van der Waals surface area (Å²) in [6.45, 7) is 4.47. The number of epoxide rings is 1. The van der Waals surface area contributed by atoms with Crippen LogP contribution in [0.3, 0.4) is 0 Å². The number of hydrogen-bond donors (Lipinski definition) is 0. The smallest absolute Gasteiger partial charge is 0.0876 e. The molecule has 20 heavy (non-hydrogen) atoms. The summed E-state index contributed by atoms with van der Waals surface area (Å²) in [7, 11) is 0. The highest BCUT2D eigenvalue weighted by Gasteiger charge is 2.35. The predicted octanol–water partition coefficient (Wildman–Crippen LogP) is 6.20. The Morgan fingerprint density at radius 3 is 2.15 bits per heavy atom. The van der Waals surface area contributed by atoms with Crippen molar-refractivity contribution in [2.24, 2.45) is 0 Å². The first-order chi connectivity index (χ1) is 9.88. The Balaban J connectivity index is 1.79. The maximum atomic E-state index is 5.50. The van der Waals surface area contributed by atoms with Gasteiger partial charge in [-0.3, -0.25) is 0 Å². The zero-order valence-corrected chi connectivity index (χ0v) is 13.7. The molecule has 0 spiro atoms. The molecule has 1 fully saturated rings. The topological polar surface area (TPSA) is 12.5 Å². The number of rotatable bonds is 13. The van der Waals surface area contributed by atoms with Crippen molar-refractivity contribution in [1.29, 1.82) is 0 Å². The minimum atomic E-state index is 0.521. The van der Waals surface area contributed by atoms with E-state index in [1.54, 1.807) is 0 Å². The van der Waals surface area contributed by atoms with Crippen LogP contribution >= 0.6 is 0 Å². The zero-order chi connectivity index (χ0) is 14.5. The first-order valence-corrected chi connectivity index (χ1v) is 8.84. The zero-order valence-electron chi connectivity index (χ0n) is 13.7. The van der Waals surface area contributed by atoms with Gasteiger partial charge in [-0.15, -0.1) is 0 Å². The van der Waals surface area contributed by atoms with Crippen molar-refractivity contribution >= 4 is 0 Å². The largest absolute Gasteiger partial charge is 0.369 e. The number of hydrogen-bond acceptors (Lipinski definition) is 1. The van der Waals surface area contributed by atoms with Crippen LogP contribution in [0.2, 0.25) is 0 Å². The SMILES string of the molecule is CCCCCCCCC/C=C\C/C=C\C[C@@H]1O[C@@H]1CC. The van der Waals surface area contributed by atoms with Gasteiger partial charge >= 0.3 is 0 Å². The van der Waals surface area contributed by atoms with Gasteiger partial charge < -0.3 is 4.74 Å². The lowest BCUT2D eigenvalue weighted by Crippen LogP contribution is -1.88. The van der Waals surface area contributed by atoms with Crippen LogP contribution in [0.15, 0.2) is 24.3 Å². The third-order valence-electron chi connectivity index (χ3n) is 4.04. The van der Waals surface area contributed by atoms with Crippen LogP contribution in [-0.4, -0.2) is 12.2 Å². The minimum Gasteiger partial charge on any atom is -0.369 e. The minimum absolute atomic E-state index is 0.521. The lowest BCUT2D eigenvalue weighted by molar-refractivity contribution is 0.367. The molecule has 1 aliphatic rings. The van der Waals surface area contributed by atoms with E-state index < -0.39 is 0 Å². The highest BCUT2D eigenvalue weighted by atomic mass is 16.6. The lowest BCUT2D eigenvalue weighted by Gasteiger charge is -1.98. The van der Waals surface area contributed by atoms with Crippen LogP contribution in [-0.2, 0) is 4.74 Å². The summed E-state index contributed by atoms with van der Waals surface area (Å²) in [4.78, 5) is 0. The van der Waals surface area contributed by atoms with Crippen molar-refractivity contribution in [3.05, 3.63) is 24.3 Å². The fraction of sp³-hybridized carbons (Fsp3) is 0.789. The van der Waals surface area contributed by atoms with Gasteiger partial charge in [-0.05, 0) is 32.1 Å². The van der Waals surface area contributed by atoms with Crippen LogP contribution in [0.1, 0.15) is 84.5 Å². The highest BCUT2D eigenvalue weighted by Crippen LogP contribution is 2.28. The molecule has 0 aromatic heterocycles. The summed E-state index contributed by atoms with van der Waals surface area (Å²) >= 11 is 0. The molecule has 0 aromatic carbocycles. The van der Waals surface area contributed by atoms with E-state index in [4.69, 9.17) is 4.74 Å². The average molecular weight is 278 g/mol. The molecule has 0 aromatic rings. The van der Waals surface area contributed by atoms with Gasteiger partial charge in [0.25, 0.3) is 0 Å². The quantitative estimate of drug-likeness (QED) is 0.222. The Morgan fingerprint density at radius 1 is 0.750 bits per heavy atom. The second-order valence-electron chi connectivity index (χ2n) is 5.95. The number of unbranched alkanes of at least 4 members (excludes halogenated alkanes) is 7. The van der Waals surface area contributed by atoms with E-state index in [2.05, 4.69) is 38.2 Å². The van der Waals surface area contributed by atoms with Crippen molar-refractivity contribution in [1.82, 2.24) is 0 Å². The summed E-state index contributed by atoms with van der Waals surface area (Å²) in [5.41, 5.74) is 0. The van der Waals surface area contributed by atoms with Crippen LogP contribution in [0.25, 0.3) is 0 Å². The van der Waals surface area contributed by atoms with Crippen molar-refractivity contribution in [3.63, 3.8) is 0 Å². The summed E-state index contributed by atoms with van der Waals surface area (Å²) in [5, 5.41) is 0. The molecule has 0 bridgehead atoms. The molecule has 1 heteroatoms. The molecule has 1 heterocycles. The first-order valence-electron chi connectivity index (χ1n) is 8.84. The Kier molecular flexibility index (Phi) is 10.7. The van der Waals surface area contributed by atoms with Crippen LogP contribution in [0.4, 0.5) is 0 Å². The second kappa shape index (κ2) is 12.2. The number of allylic oxidation sites excluding steroid dienone is 3. The van der Waals surface area contributed by atoms with Gasteiger partial charge in [0.05, 0.1) is 12.2 Å². The second-order valence-corrected chi connectivity index (χ2v) is 5.95. The fourth-order valence-corrected chi connectivity index (χ4v) is 2.58. The molecule has 0 radical (unpaired) electrons. The van der Waals surface area contributed by atoms with Gasteiger partial charge in [0.2, 0.25) is 0 Å². The van der Waals surface area contributed by atoms with Gasteiger partial charge in [-0.25, -0.2) is 0 Å². The Hall–Kier alpha value is -0.560. The average Bonchev–Trinajstić information content (AvgIpc) is 3.22. The predicted molar refractivity (Wildman–Crippen MR) is 89.1 cm³/mol. The van der Waals surface area contributed by atoms with Crippen molar-refractivity contribution < 1.29 is 4.74 Å². The van der Waals surface area contributed by atoms with Crippen molar-refractivity contribution in [3.8, 4) is 0 Å². The van der Waals surface area contributed by atoms with Crippen molar-refractivity contribution in [2.45, 2.75) is 96.7 Å². The van der Waals surface area contributed by atoms with E-state index in [0.717, 1.165) is 19.3 Å². The van der Waals surface area contributed by atoms with Gasteiger partial charge in [-0.1, -0.05) is 76.7 Å². The van der Waals surface area contributed by atoms with Crippen LogP contribution in [0, 0.1) is 0 Å². The molecule has 0 N–H and O–H groups in total. The molecule has 1 nitrogen and oxygen atoms in total. The maximum absolute atomic E-state index is 5.50. The third-order valence-corrected chi connectivity index (χ3v) is 4.04. The molecule has 1 aliphatic heterocycles. The Labute approximate surface area is 126 Å². The van der Waals surface area contributed by atoms with E-state index in [-0.39, 0.29) is 0 Å². The van der Waals surface area contributed by atoms with E-state index in [1.807, 2.05) is 0 Å². The molecule has 0 amide bonds. The summed E-state index contributed by atoms with van der Waals surface area (Å²) < 4.78 is 5.50. The molecule has 116 valence electrons. The van der Waals surface area contributed by atoms with Gasteiger partial charge in [-0.2, -0.15) is 0 Å². The number of ether oxygens (including phenoxy) is 1. The molecule has 0 saturated carbocycles. The monoisotopic (exact) mass is 278 g/mol. The van der Waals surface area contributed by atoms with Gasteiger partial charge in [0, 0.05) is 0 Å². The molecule has 2 atom stereocenters. The molecule has 1 saturated heterocycles. The molecule has 1 rings (SSSR count). The van der Waals surface area contributed by atoms with Crippen LogP contribution < -0.4 is 0 Å². The van der Waals surface area contributed by atoms with E-state index >= 15 is 0 Å². The van der Waals surface area contributed by atoms with Gasteiger partial charge in [0.15, 0.2) is 0 Å². The maximum Gasteiger partial charge on any atom is 0.0876 e.